The number of anilines is 2. The first-order valence-electron chi connectivity index (χ1n) is 8.78. The van der Waals surface area contributed by atoms with Crippen molar-refractivity contribution in [2.24, 2.45) is 0 Å². The molecule has 1 aromatic heterocycles. The molecule has 0 unspecified atom stereocenters. The van der Waals surface area contributed by atoms with Gasteiger partial charge in [-0.05, 0) is 42.2 Å². The van der Waals surface area contributed by atoms with Crippen LogP contribution in [-0.2, 0) is 12.8 Å². The summed E-state index contributed by atoms with van der Waals surface area (Å²) in [5, 5.41) is 14.2. The summed E-state index contributed by atoms with van der Waals surface area (Å²) in [5.74, 6) is 1.70. The van der Waals surface area contributed by atoms with Crippen molar-refractivity contribution < 1.29 is 9.13 Å². The van der Waals surface area contributed by atoms with Crippen LogP contribution in [0.25, 0.3) is 0 Å². The van der Waals surface area contributed by atoms with Gasteiger partial charge in [0.2, 0.25) is 5.95 Å². The number of methoxy groups -OCH3 is 1. The Bertz CT molecular complexity index is 874. The number of halogens is 1. The van der Waals surface area contributed by atoms with E-state index < -0.39 is 0 Å². The van der Waals surface area contributed by atoms with Crippen LogP contribution in [-0.4, -0.2) is 35.4 Å². The maximum atomic E-state index is 13.6. The lowest BCUT2D eigenvalue weighted by atomic mass is 10.1. The molecular formula is C20H22FN5O. The van der Waals surface area contributed by atoms with Crippen LogP contribution in [0.5, 0.6) is 5.75 Å². The summed E-state index contributed by atoms with van der Waals surface area (Å²) in [6.45, 7) is 1.23. The van der Waals surface area contributed by atoms with E-state index in [0.717, 1.165) is 12.2 Å². The van der Waals surface area contributed by atoms with E-state index in [9.17, 15) is 4.39 Å². The number of rotatable bonds is 9. The zero-order valence-corrected chi connectivity index (χ0v) is 15.2. The average Bonchev–Trinajstić information content (AvgIpc) is 2.70. The molecule has 3 rings (SSSR count). The second-order valence-corrected chi connectivity index (χ2v) is 5.96. The first-order valence-corrected chi connectivity index (χ1v) is 8.78. The molecule has 0 atom stereocenters. The molecule has 7 heteroatoms. The normalized spacial score (nSPS) is 10.4. The van der Waals surface area contributed by atoms with Crippen molar-refractivity contribution in [1.82, 2.24) is 15.2 Å². The van der Waals surface area contributed by atoms with E-state index in [1.165, 1.54) is 11.6 Å². The Balaban J connectivity index is 1.47. The van der Waals surface area contributed by atoms with Crippen LogP contribution in [0.1, 0.15) is 11.1 Å². The van der Waals surface area contributed by atoms with E-state index in [1.807, 2.05) is 24.3 Å². The Morgan fingerprint density at radius 1 is 1.00 bits per heavy atom. The van der Waals surface area contributed by atoms with E-state index in [-0.39, 0.29) is 5.82 Å². The van der Waals surface area contributed by atoms with E-state index in [4.69, 9.17) is 4.74 Å². The molecule has 0 saturated heterocycles. The van der Waals surface area contributed by atoms with E-state index in [2.05, 4.69) is 31.9 Å². The molecule has 0 aliphatic carbocycles. The average molecular weight is 367 g/mol. The highest BCUT2D eigenvalue weighted by atomic mass is 19.1. The van der Waals surface area contributed by atoms with Crippen molar-refractivity contribution in [2.45, 2.75) is 12.8 Å². The topological polar surface area (TPSA) is 72.0 Å². The molecule has 0 amide bonds. The van der Waals surface area contributed by atoms with Crippen LogP contribution < -0.4 is 15.4 Å². The summed E-state index contributed by atoms with van der Waals surface area (Å²) in [7, 11) is 1.66. The van der Waals surface area contributed by atoms with Crippen molar-refractivity contribution in [3.8, 4) is 5.75 Å². The van der Waals surface area contributed by atoms with Gasteiger partial charge in [-0.15, -0.1) is 5.10 Å². The van der Waals surface area contributed by atoms with Gasteiger partial charge < -0.3 is 15.4 Å². The monoisotopic (exact) mass is 367 g/mol. The quantitative estimate of drug-likeness (QED) is 0.604. The van der Waals surface area contributed by atoms with Gasteiger partial charge in [0.25, 0.3) is 0 Å². The van der Waals surface area contributed by atoms with Gasteiger partial charge in [-0.1, -0.05) is 30.3 Å². The Labute approximate surface area is 157 Å². The van der Waals surface area contributed by atoms with Gasteiger partial charge in [0.05, 0.1) is 13.3 Å². The SMILES string of the molecule is COc1cccc(CCNc2cnnc(NCCc3ccccc3F)n2)c1. The van der Waals surface area contributed by atoms with E-state index >= 15 is 0 Å². The minimum Gasteiger partial charge on any atom is -0.497 e. The zero-order chi connectivity index (χ0) is 18.9. The molecule has 6 nitrogen and oxygen atoms in total. The van der Waals surface area contributed by atoms with Crippen molar-refractivity contribution in [3.05, 3.63) is 71.7 Å². The summed E-state index contributed by atoms with van der Waals surface area (Å²) >= 11 is 0. The van der Waals surface area contributed by atoms with Gasteiger partial charge >= 0.3 is 0 Å². The standard InChI is InChI=1S/C20H22FN5O/c1-27-17-7-4-5-15(13-17)9-11-22-19-14-24-26-20(25-19)23-12-10-16-6-2-3-8-18(16)21/h2-8,13-14H,9-12H2,1H3,(H2,22,23,25,26). The summed E-state index contributed by atoms with van der Waals surface area (Å²) in [6.07, 6.45) is 2.95. The van der Waals surface area contributed by atoms with Crippen molar-refractivity contribution in [2.75, 3.05) is 30.8 Å². The van der Waals surface area contributed by atoms with Crippen LogP contribution in [0, 0.1) is 5.82 Å². The molecule has 0 aliphatic heterocycles. The molecule has 3 aromatic rings. The fourth-order valence-corrected chi connectivity index (χ4v) is 2.64. The summed E-state index contributed by atoms with van der Waals surface area (Å²) < 4.78 is 18.8. The second-order valence-electron chi connectivity index (χ2n) is 5.96. The molecule has 0 radical (unpaired) electrons. The summed E-state index contributed by atoms with van der Waals surface area (Å²) in [6, 6.07) is 14.7. The molecule has 0 saturated carbocycles. The predicted octanol–water partition coefficient (Wildman–Crippen LogP) is 3.33. The maximum absolute atomic E-state index is 13.6. The van der Waals surface area contributed by atoms with Gasteiger partial charge in [-0.25, -0.2) is 4.39 Å². The van der Waals surface area contributed by atoms with Crippen LogP contribution in [0.2, 0.25) is 0 Å². The Morgan fingerprint density at radius 2 is 1.85 bits per heavy atom. The lowest BCUT2D eigenvalue weighted by Crippen LogP contribution is -2.12. The molecule has 140 valence electrons. The molecule has 2 N–H and O–H groups in total. The third kappa shape index (κ3) is 5.64. The first kappa shape index (κ1) is 18.6. The number of nitrogens with one attached hydrogen (secondary N) is 2. The van der Waals surface area contributed by atoms with Gasteiger partial charge in [0.15, 0.2) is 5.82 Å². The van der Waals surface area contributed by atoms with Gasteiger partial charge in [0, 0.05) is 13.1 Å². The Hall–Kier alpha value is -3.22. The molecule has 2 aromatic carbocycles. The predicted molar refractivity (Wildman–Crippen MR) is 104 cm³/mol. The number of aromatic nitrogens is 3. The fraction of sp³-hybridized carbons (Fsp3) is 0.250. The first-order chi connectivity index (χ1) is 13.2. The molecule has 0 aliphatic rings. The van der Waals surface area contributed by atoms with Crippen LogP contribution >= 0.6 is 0 Å². The number of benzene rings is 2. The number of hydrogen-bond acceptors (Lipinski definition) is 6. The van der Waals surface area contributed by atoms with Crippen molar-refractivity contribution in [3.63, 3.8) is 0 Å². The largest absolute Gasteiger partial charge is 0.497 e. The van der Waals surface area contributed by atoms with Crippen molar-refractivity contribution in [1.29, 1.82) is 0 Å². The highest BCUT2D eigenvalue weighted by Crippen LogP contribution is 2.13. The van der Waals surface area contributed by atoms with E-state index in [0.29, 0.717) is 36.8 Å². The fourth-order valence-electron chi connectivity index (χ4n) is 2.64. The van der Waals surface area contributed by atoms with Gasteiger partial charge in [-0.3, -0.25) is 0 Å². The Morgan fingerprint density at radius 3 is 2.70 bits per heavy atom. The number of nitrogens with zero attached hydrogens (tertiary/aromatic N) is 3. The Kier molecular flexibility index (Phi) is 6.51. The smallest absolute Gasteiger partial charge is 0.244 e. The number of ether oxygens (including phenoxy) is 1. The van der Waals surface area contributed by atoms with Crippen LogP contribution in [0.15, 0.2) is 54.7 Å². The molecule has 0 spiro atoms. The lowest BCUT2D eigenvalue weighted by molar-refractivity contribution is 0.414. The molecule has 1 heterocycles. The van der Waals surface area contributed by atoms with Gasteiger partial charge in [0.1, 0.15) is 11.6 Å². The highest BCUT2D eigenvalue weighted by Gasteiger charge is 2.03. The molecular weight excluding hydrogens is 345 g/mol. The lowest BCUT2D eigenvalue weighted by Gasteiger charge is -2.09. The highest BCUT2D eigenvalue weighted by molar-refractivity contribution is 5.37. The molecule has 27 heavy (non-hydrogen) atoms. The van der Waals surface area contributed by atoms with Crippen LogP contribution in [0.4, 0.5) is 16.2 Å². The third-order valence-corrected chi connectivity index (χ3v) is 4.05. The maximum Gasteiger partial charge on any atom is 0.244 e. The minimum atomic E-state index is -0.202. The second kappa shape index (κ2) is 9.47. The summed E-state index contributed by atoms with van der Waals surface area (Å²) in [4.78, 5) is 4.38. The van der Waals surface area contributed by atoms with Crippen LogP contribution in [0.3, 0.4) is 0 Å². The van der Waals surface area contributed by atoms with E-state index in [1.54, 1.807) is 25.4 Å². The minimum absolute atomic E-state index is 0.202. The van der Waals surface area contributed by atoms with Crippen molar-refractivity contribution >= 4 is 11.8 Å². The number of hydrogen-bond donors (Lipinski definition) is 2. The van der Waals surface area contributed by atoms with Gasteiger partial charge in [-0.2, -0.15) is 10.1 Å². The zero-order valence-electron chi connectivity index (χ0n) is 15.2. The summed E-state index contributed by atoms with van der Waals surface area (Å²) in [5.41, 5.74) is 1.83. The molecule has 0 bridgehead atoms. The third-order valence-electron chi connectivity index (χ3n) is 4.05. The molecule has 0 fully saturated rings.